The molecule has 1 aromatic rings. The Kier molecular flexibility index (Phi) is 10.2. The van der Waals surface area contributed by atoms with Gasteiger partial charge in [0.2, 0.25) is 0 Å². The number of guanidine groups is 1. The molecule has 0 heterocycles. The lowest BCUT2D eigenvalue weighted by Gasteiger charge is -2.33. The number of benzene rings is 1. The first-order chi connectivity index (χ1) is 10.8. The highest BCUT2D eigenvalue weighted by Gasteiger charge is 2.20. The summed E-state index contributed by atoms with van der Waals surface area (Å²) in [4.78, 5) is 6.34. The van der Waals surface area contributed by atoms with Crippen LogP contribution in [0.15, 0.2) is 29.3 Å². The van der Waals surface area contributed by atoms with Crippen molar-refractivity contribution < 1.29 is 9.13 Å². The fraction of sp³-hybridized carbons (Fsp3) is 0.588. The predicted octanol–water partition coefficient (Wildman–Crippen LogP) is 2.72. The second-order valence-corrected chi connectivity index (χ2v) is 6.37. The number of nitrogens with one attached hydrogen (secondary N) is 2. The van der Waals surface area contributed by atoms with E-state index < -0.39 is 0 Å². The molecule has 1 rings (SSSR count). The maximum absolute atomic E-state index is 13.6. The number of hydrogen-bond acceptors (Lipinski definition) is 3. The summed E-state index contributed by atoms with van der Waals surface area (Å²) in [6, 6.07) is 6.41. The number of rotatable bonds is 7. The Morgan fingerprint density at radius 2 is 1.92 bits per heavy atom. The molecular formula is C17H30FIN4O. The predicted molar refractivity (Wildman–Crippen MR) is 109 cm³/mol. The van der Waals surface area contributed by atoms with Gasteiger partial charge in [-0.15, -0.1) is 24.0 Å². The van der Waals surface area contributed by atoms with E-state index in [1.807, 2.05) is 21.0 Å². The Balaban J connectivity index is 0.00000529. The first-order valence-electron chi connectivity index (χ1n) is 7.79. The number of likely N-dealkylation sites (N-methyl/N-ethyl adjacent to an activating group) is 1. The average molecular weight is 452 g/mol. The van der Waals surface area contributed by atoms with E-state index in [0.717, 1.165) is 6.54 Å². The minimum Gasteiger partial charge on any atom is -0.486 e. The van der Waals surface area contributed by atoms with Gasteiger partial charge >= 0.3 is 0 Å². The van der Waals surface area contributed by atoms with Gasteiger partial charge in [-0.1, -0.05) is 12.1 Å². The van der Waals surface area contributed by atoms with Crippen molar-refractivity contribution in [2.45, 2.75) is 32.4 Å². The molecule has 0 saturated heterocycles. The zero-order valence-electron chi connectivity index (χ0n) is 15.4. The number of nitrogens with zero attached hydrogens (tertiary/aromatic N) is 2. The Morgan fingerprint density at radius 1 is 1.29 bits per heavy atom. The van der Waals surface area contributed by atoms with Crippen molar-refractivity contribution in [2.24, 2.45) is 4.99 Å². The summed E-state index contributed by atoms with van der Waals surface area (Å²) in [5, 5.41) is 6.48. The van der Waals surface area contributed by atoms with Gasteiger partial charge in [0.1, 0.15) is 6.10 Å². The average Bonchev–Trinajstić information content (AvgIpc) is 2.49. The van der Waals surface area contributed by atoms with Crippen LogP contribution < -0.4 is 15.4 Å². The van der Waals surface area contributed by atoms with Crippen molar-refractivity contribution in [3.8, 4) is 5.75 Å². The second kappa shape index (κ2) is 10.7. The van der Waals surface area contributed by atoms with Gasteiger partial charge in [-0.25, -0.2) is 4.39 Å². The van der Waals surface area contributed by atoms with Crippen LogP contribution in [-0.4, -0.2) is 56.7 Å². The molecule has 2 N–H and O–H groups in total. The smallest absolute Gasteiger partial charge is 0.191 e. The number of hydrogen-bond donors (Lipinski definition) is 2. The molecule has 0 spiro atoms. The van der Waals surface area contributed by atoms with Crippen LogP contribution in [0.4, 0.5) is 4.39 Å². The van der Waals surface area contributed by atoms with Gasteiger partial charge in [0, 0.05) is 19.1 Å². The van der Waals surface area contributed by atoms with Crippen molar-refractivity contribution in [3.05, 3.63) is 30.1 Å². The molecule has 0 aliphatic rings. The number of aliphatic imine (C=N–C) groups is 1. The lowest BCUT2D eigenvalue weighted by Crippen LogP contribution is -2.51. The van der Waals surface area contributed by atoms with Crippen molar-refractivity contribution in [1.29, 1.82) is 0 Å². The second-order valence-electron chi connectivity index (χ2n) is 6.37. The normalized spacial score (nSPS) is 13.2. The summed E-state index contributed by atoms with van der Waals surface area (Å²) >= 11 is 0. The topological polar surface area (TPSA) is 48.9 Å². The maximum atomic E-state index is 13.6. The van der Waals surface area contributed by atoms with E-state index in [2.05, 4.69) is 34.4 Å². The molecule has 0 amide bonds. The molecule has 0 fully saturated rings. The molecule has 0 aromatic heterocycles. The highest BCUT2D eigenvalue weighted by molar-refractivity contribution is 14.0. The SMILES string of the molecule is CN=C(NCC(C)Oc1ccccc1F)NCC(C)(C)N(C)C.I. The number of para-hydroxylation sites is 1. The number of ether oxygens (including phenoxy) is 1. The van der Waals surface area contributed by atoms with Crippen LogP contribution in [0, 0.1) is 5.82 Å². The van der Waals surface area contributed by atoms with Gasteiger partial charge in [-0.2, -0.15) is 0 Å². The van der Waals surface area contributed by atoms with Crippen LogP contribution in [0.5, 0.6) is 5.75 Å². The monoisotopic (exact) mass is 452 g/mol. The van der Waals surface area contributed by atoms with E-state index in [9.17, 15) is 4.39 Å². The van der Waals surface area contributed by atoms with Crippen LogP contribution in [0.1, 0.15) is 20.8 Å². The summed E-state index contributed by atoms with van der Waals surface area (Å²) in [5.41, 5.74) is 0.00685. The van der Waals surface area contributed by atoms with E-state index in [-0.39, 0.29) is 47.2 Å². The van der Waals surface area contributed by atoms with E-state index in [1.54, 1.807) is 25.2 Å². The highest BCUT2D eigenvalue weighted by atomic mass is 127. The van der Waals surface area contributed by atoms with Crippen LogP contribution >= 0.6 is 24.0 Å². The zero-order chi connectivity index (χ0) is 17.5. The molecule has 5 nitrogen and oxygen atoms in total. The van der Waals surface area contributed by atoms with Crippen molar-refractivity contribution >= 4 is 29.9 Å². The summed E-state index contributed by atoms with van der Waals surface area (Å²) in [5.74, 6) is 0.608. The molecule has 138 valence electrons. The third-order valence-electron chi connectivity index (χ3n) is 3.84. The molecule has 24 heavy (non-hydrogen) atoms. The summed E-state index contributed by atoms with van der Waals surface area (Å²) in [6.45, 7) is 7.46. The Morgan fingerprint density at radius 3 is 2.46 bits per heavy atom. The molecular weight excluding hydrogens is 422 g/mol. The minimum absolute atomic E-state index is 0. The third-order valence-corrected chi connectivity index (χ3v) is 3.84. The van der Waals surface area contributed by atoms with Crippen molar-refractivity contribution in [1.82, 2.24) is 15.5 Å². The first-order valence-corrected chi connectivity index (χ1v) is 7.79. The molecule has 7 heteroatoms. The summed E-state index contributed by atoms with van der Waals surface area (Å²) in [6.07, 6.45) is -0.188. The molecule has 1 unspecified atom stereocenters. The third kappa shape index (κ3) is 7.65. The van der Waals surface area contributed by atoms with Gasteiger partial charge in [-0.3, -0.25) is 4.99 Å². The van der Waals surface area contributed by atoms with Crippen LogP contribution in [0.2, 0.25) is 0 Å². The fourth-order valence-electron chi connectivity index (χ4n) is 1.72. The Hall–Kier alpha value is -1.09. The quantitative estimate of drug-likeness (QED) is 0.380. The van der Waals surface area contributed by atoms with Gasteiger partial charge in [0.15, 0.2) is 17.5 Å². The van der Waals surface area contributed by atoms with Crippen molar-refractivity contribution in [2.75, 3.05) is 34.2 Å². The molecule has 0 saturated carbocycles. The standard InChI is InChI=1S/C17H29FN4O.HI/c1-13(23-15-10-8-7-9-14(15)18)11-20-16(19-4)21-12-17(2,3)22(5)6;/h7-10,13H,11-12H2,1-6H3,(H2,19,20,21);1H. The van der Waals surface area contributed by atoms with Crippen LogP contribution in [-0.2, 0) is 0 Å². The lowest BCUT2D eigenvalue weighted by molar-refractivity contribution is 0.196. The van der Waals surface area contributed by atoms with Gasteiger partial charge in [0.25, 0.3) is 0 Å². The molecule has 0 aliphatic heterocycles. The molecule has 1 atom stereocenters. The molecule has 0 radical (unpaired) electrons. The van der Waals surface area contributed by atoms with Gasteiger partial charge in [0.05, 0.1) is 6.54 Å². The van der Waals surface area contributed by atoms with Gasteiger partial charge < -0.3 is 20.3 Å². The van der Waals surface area contributed by atoms with E-state index in [1.165, 1.54) is 6.07 Å². The van der Waals surface area contributed by atoms with E-state index >= 15 is 0 Å². The first kappa shape index (κ1) is 22.9. The molecule has 0 aliphatic carbocycles. The molecule has 1 aromatic carbocycles. The van der Waals surface area contributed by atoms with Crippen LogP contribution in [0.3, 0.4) is 0 Å². The highest BCUT2D eigenvalue weighted by Crippen LogP contribution is 2.16. The summed E-state index contributed by atoms with van der Waals surface area (Å²) < 4.78 is 19.2. The fourth-order valence-corrected chi connectivity index (χ4v) is 1.72. The summed E-state index contributed by atoms with van der Waals surface area (Å²) in [7, 11) is 5.81. The number of halogens is 2. The Bertz CT molecular complexity index is 523. The minimum atomic E-state index is -0.352. The Labute approximate surface area is 162 Å². The maximum Gasteiger partial charge on any atom is 0.191 e. The van der Waals surface area contributed by atoms with Gasteiger partial charge in [-0.05, 0) is 47.0 Å². The molecule has 0 bridgehead atoms. The van der Waals surface area contributed by atoms with E-state index in [0.29, 0.717) is 12.5 Å². The van der Waals surface area contributed by atoms with Crippen molar-refractivity contribution in [3.63, 3.8) is 0 Å². The zero-order valence-corrected chi connectivity index (χ0v) is 17.7. The van der Waals surface area contributed by atoms with Crippen LogP contribution in [0.25, 0.3) is 0 Å². The largest absolute Gasteiger partial charge is 0.486 e. The van der Waals surface area contributed by atoms with E-state index in [4.69, 9.17) is 4.74 Å². The lowest BCUT2D eigenvalue weighted by atomic mass is 10.0.